The third kappa shape index (κ3) is 4.92. The van der Waals surface area contributed by atoms with Gasteiger partial charge in [-0.15, -0.1) is 0 Å². The highest BCUT2D eigenvalue weighted by atomic mass is 35.5. The number of halogens is 1. The van der Waals surface area contributed by atoms with Crippen LogP contribution in [0.15, 0.2) is 64.4 Å². The lowest BCUT2D eigenvalue weighted by atomic mass is 9.88. The van der Waals surface area contributed by atoms with E-state index in [9.17, 15) is 15.2 Å². The standard InChI is InChI=1S/C25H25ClN2O6/c1-14(2)9-12-20(34-25(29)15-7-5-6-8-17(15)26)16-13-21(32-3)22-18(27-30)10-11-19(28-31)23(22)24(16)33-4/h5-11,13,20,30-31H,12H2,1-4H3/t20-/m1/s1. The Morgan fingerprint density at radius 1 is 1.06 bits per heavy atom. The van der Waals surface area contributed by atoms with Crippen LogP contribution in [0.5, 0.6) is 11.5 Å². The van der Waals surface area contributed by atoms with Crippen LogP contribution in [0.4, 0.5) is 0 Å². The molecule has 0 aromatic heterocycles. The van der Waals surface area contributed by atoms with E-state index < -0.39 is 12.1 Å². The zero-order chi connectivity index (χ0) is 24.8. The minimum atomic E-state index is -0.798. The lowest BCUT2D eigenvalue weighted by Gasteiger charge is -2.26. The first-order valence-corrected chi connectivity index (χ1v) is 10.7. The van der Waals surface area contributed by atoms with E-state index in [1.165, 1.54) is 26.4 Å². The Balaban J connectivity index is 2.22. The molecule has 0 heterocycles. The Morgan fingerprint density at radius 3 is 2.26 bits per heavy atom. The largest absolute Gasteiger partial charge is 0.496 e. The summed E-state index contributed by atoms with van der Waals surface area (Å²) in [4.78, 5) is 13.0. The molecular formula is C25H25ClN2O6. The van der Waals surface area contributed by atoms with Gasteiger partial charge >= 0.3 is 5.97 Å². The lowest BCUT2D eigenvalue weighted by Crippen LogP contribution is -2.20. The SMILES string of the molecule is COc1cc([C@@H](CC=C(C)C)OC(=O)c2ccccc2Cl)c(OC)c2c1C(=NO)C=CC2=NO. The van der Waals surface area contributed by atoms with Crippen molar-refractivity contribution in [3.8, 4) is 11.5 Å². The molecule has 2 aromatic carbocycles. The molecule has 9 heteroatoms. The van der Waals surface area contributed by atoms with Crippen LogP contribution < -0.4 is 9.47 Å². The third-order valence-electron chi connectivity index (χ3n) is 5.25. The van der Waals surface area contributed by atoms with Gasteiger partial charge in [-0.1, -0.05) is 45.7 Å². The average Bonchev–Trinajstić information content (AvgIpc) is 2.84. The highest BCUT2D eigenvalue weighted by Crippen LogP contribution is 2.42. The van der Waals surface area contributed by atoms with E-state index in [-0.39, 0.29) is 27.8 Å². The van der Waals surface area contributed by atoms with Gasteiger partial charge in [0.25, 0.3) is 0 Å². The Kier molecular flexibility index (Phi) is 7.96. The molecule has 8 nitrogen and oxygen atoms in total. The number of esters is 1. The van der Waals surface area contributed by atoms with Gasteiger partial charge in [-0.2, -0.15) is 0 Å². The Morgan fingerprint density at radius 2 is 1.71 bits per heavy atom. The fraction of sp³-hybridized carbons (Fsp3) is 0.240. The summed E-state index contributed by atoms with van der Waals surface area (Å²) >= 11 is 6.20. The van der Waals surface area contributed by atoms with Gasteiger partial charge in [0.2, 0.25) is 0 Å². The van der Waals surface area contributed by atoms with Gasteiger partial charge in [0.15, 0.2) is 0 Å². The number of carbonyl (C=O) groups excluding carboxylic acids is 1. The van der Waals surface area contributed by atoms with E-state index >= 15 is 0 Å². The minimum absolute atomic E-state index is 0.165. The normalized spacial score (nSPS) is 15.6. The van der Waals surface area contributed by atoms with Crippen molar-refractivity contribution in [2.24, 2.45) is 10.3 Å². The van der Waals surface area contributed by atoms with Crippen LogP contribution in [0.1, 0.15) is 53.4 Å². The Labute approximate surface area is 202 Å². The van der Waals surface area contributed by atoms with E-state index in [0.717, 1.165) is 5.57 Å². The molecule has 0 aliphatic heterocycles. The van der Waals surface area contributed by atoms with Crippen LogP contribution in [0.3, 0.4) is 0 Å². The molecule has 1 aliphatic carbocycles. The molecule has 178 valence electrons. The van der Waals surface area contributed by atoms with Gasteiger partial charge in [0.05, 0.1) is 35.9 Å². The second kappa shape index (κ2) is 10.9. The van der Waals surface area contributed by atoms with Gasteiger partial charge in [0.1, 0.15) is 29.0 Å². The first-order valence-electron chi connectivity index (χ1n) is 10.4. The van der Waals surface area contributed by atoms with Crippen molar-refractivity contribution in [2.75, 3.05) is 14.2 Å². The fourth-order valence-corrected chi connectivity index (χ4v) is 3.88. The summed E-state index contributed by atoms with van der Waals surface area (Å²) in [7, 11) is 2.90. The topological polar surface area (TPSA) is 110 Å². The maximum Gasteiger partial charge on any atom is 0.340 e. The average molecular weight is 485 g/mol. The summed E-state index contributed by atoms with van der Waals surface area (Å²) < 4.78 is 17.2. The number of nitrogens with zero attached hydrogens (tertiary/aromatic N) is 2. The predicted molar refractivity (Wildman–Crippen MR) is 129 cm³/mol. The maximum absolute atomic E-state index is 13.0. The summed E-state index contributed by atoms with van der Waals surface area (Å²) in [5.74, 6) is -0.00152. The molecule has 0 fully saturated rings. The van der Waals surface area contributed by atoms with Crippen LogP contribution in [0.2, 0.25) is 5.02 Å². The molecular weight excluding hydrogens is 460 g/mol. The first kappa shape index (κ1) is 24.9. The van der Waals surface area contributed by atoms with Crippen molar-refractivity contribution in [3.05, 3.63) is 81.4 Å². The van der Waals surface area contributed by atoms with Gasteiger partial charge in [-0.3, -0.25) is 0 Å². The van der Waals surface area contributed by atoms with Gasteiger partial charge in [-0.25, -0.2) is 4.79 Å². The number of hydrogen-bond donors (Lipinski definition) is 2. The smallest absolute Gasteiger partial charge is 0.340 e. The molecule has 1 atom stereocenters. The molecule has 0 radical (unpaired) electrons. The number of benzene rings is 2. The molecule has 0 unspecified atom stereocenters. The molecule has 2 N–H and O–H groups in total. The van der Waals surface area contributed by atoms with Gasteiger partial charge in [0, 0.05) is 12.0 Å². The van der Waals surface area contributed by atoms with Crippen molar-refractivity contribution in [3.63, 3.8) is 0 Å². The zero-order valence-corrected chi connectivity index (χ0v) is 20.0. The van der Waals surface area contributed by atoms with Crippen molar-refractivity contribution >= 4 is 29.0 Å². The minimum Gasteiger partial charge on any atom is -0.496 e. The number of allylic oxidation sites excluding steroid dienone is 3. The van der Waals surface area contributed by atoms with Crippen molar-refractivity contribution < 1.29 is 29.4 Å². The maximum atomic E-state index is 13.0. The van der Waals surface area contributed by atoms with Crippen LogP contribution in [-0.4, -0.2) is 42.0 Å². The van der Waals surface area contributed by atoms with Crippen molar-refractivity contribution in [2.45, 2.75) is 26.4 Å². The zero-order valence-electron chi connectivity index (χ0n) is 19.2. The van der Waals surface area contributed by atoms with Crippen LogP contribution in [0, 0.1) is 0 Å². The Hall–Kier alpha value is -3.78. The highest BCUT2D eigenvalue weighted by molar-refractivity contribution is 6.33. The summed E-state index contributed by atoms with van der Waals surface area (Å²) in [6, 6.07) is 8.26. The van der Waals surface area contributed by atoms with E-state index in [4.69, 9.17) is 25.8 Å². The van der Waals surface area contributed by atoms with E-state index in [1.54, 1.807) is 30.3 Å². The van der Waals surface area contributed by atoms with Crippen molar-refractivity contribution in [1.82, 2.24) is 0 Å². The molecule has 0 bridgehead atoms. The lowest BCUT2D eigenvalue weighted by molar-refractivity contribution is 0.0297. The second-order valence-corrected chi connectivity index (χ2v) is 8.05. The quantitative estimate of drug-likeness (QED) is 0.231. The molecule has 1 aliphatic rings. The summed E-state index contributed by atoms with van der Waals surface area (Å²) in [5, 5.41) is 26.1. The summed E-state index contributed by atoms with van der Waals surface area (Å²) in [5.41, 5.74) is 2.80. The molecule has 34 heavy (non-hydrogen) atoms. The Bertz CT molecular complexity index is 1210. The van der Waals surface area contributed by atoms with Crippen LogP contribution in [-0.2, 0) is 4.74 Å². The molecule has 2 aromatic rings. The molecule has 0 saturated heterocycles. The number of ether oxygens (including phenoxy) is 3. The number of hydrogen-bond acceptors (Lipinski definition) is 8. The number of carbonyl (C=O) groups is 1. The first-order chi connectivity index (χ1) is 16.4. The number of rotatable bonds is 7. The predicted octanol–water partition coefficient (Wildman–Crippen LogP) is 5.54. The monoisotopic (exact) mass is 484 g/mol. The van der Waals surface area contributed by atoms with Crippen LogP contribution in [0.25, 0.3) is 0 Å². The van der Waals surface area contributed by atoms with E-state index in [2.05, 4.69) is 10.3 Å². The molecule has 0 amide bonds. The third-order valence-corrected chi connectivity index (χ3v) is 5.58. The van der Waals surface area contributed by atoms with Gasteiger partial charge in [-0.05, 0) is 44.2 Å². The molecule has 3 rings (SSSR count). The van der Waals surface area contributed by atoms with Crippen LogP contribution >= 0.6 is 11.6 Å². The van der Waals surface area contributed by atoms with Crippen molar-refractivity contribution in [1.29, 1.82) is 0 Å². The van der Waals surface area contributed by atoms with Gasteiger partial charge < -0.3 is 24.6 Å². The number of fused-ring (bicyclic) bond motifs is 1. The van der Waals surface area contributed by atoms with E-state index in [1.807, 2.05) is 19.9 Å². The second-order valence-electron chi connectivity index (χ2n) is 7.65. The molecule has 0 saturated carbocycles. The summed E-state index contributed by atoms with van der Waals surface area (Å²) in [6.07, 6.45) is 4.42. The fourth-order valence-electron chi connectivity index (χ4n) is 3.67. The number of methoxy groups -OCH3 is 2. The molecule has 0 spiro atoms. The highest BCUT2D eigenvalue weighted by Gasteiger charge is 2.32. The number of oxime groups is 2. The van der Waals surface area contributed by atoms with E-state index in [0.29, 0.717) is 28.9 Å². The summed E-state index contributed by atoms with van der Waals surface area (Å²) in [6.45, 7) is 3.87.